The van der Waals surface area contributed by atoms with Crippen molar-refractivity contribution in [2.24, 2.45) is 0 Å². The Morgan fingerprint density at radius 3 is 3.11 bits per heavy atom. The van der Waals surface area contributed by atoms with Crippen molar-refractivity contribution in [3.05, 3.63) is 5.82 Å². The van der Waals surface area contributed by atoms with Crippen LogP contribution >= 0.6 is 0 Å². The molecule has 0 amide bonds. The zero-order valence-corrected chi connectivity index (χ0v) is 10.4. The number of hydrogen-bond acceptors (Lipinski definition) is 5. The van der Waals surface area contributed by atoms with Crippen molar-refractivity contribution >= 4 is 5.97 Å². The summed E-state index contributed by atoms with van der Waals surface area (Å²) in [6.45, 7) is 2.39. The van der Waals surface area contributed by atoms with E-state index >= 15 is 0 Å². The predicted octanol–water partition coefficient (Wildman–Crippen LogP) is 0.820. The number of aliphatic carboxylic acids is 1. The summed E-state index contributed by atoms with van der Waals surface area (Å²) in [6.07, 6.45) is 5.13. The molecule has 2 heterocycles. The first-order valence-electron chi connectivity index (χ1n) is 6.29. The molecule has 18 heavy (non-hydrogen) atoms. The van der Waals surface area contributed by atoms with E-state index in [1.807, 2.05) is 0 Å². The molecular formula is C11H18N4O3. The van der Waals surface area contributed by atoms with Crippen LogP contribution in [0.5, 0.6) is 0 Å². The van der Waals surface area contributed by atoms with E-state index in [9.17, 15) is 4.79 Å². The van der Waals surface area contributed by atoms with Crippen molar-refractivity contribution in [2.45, 2.75) is 51.2 Å². The number of carboxylic acids is 1. The third-order valence-corrected chi connectivity index (χ3v) is 3.25. The molecule has 7 nitrogen and oxygen atoms in total. The van der Waals surface area contributed by atoms with Gasteiger partial charge in [-0.2, -0.15) is 0 Å². The summed E-state index contributed by atoms with van der Waals surface area (Å²) in [5.74, 6) is -0.323. The second kappa shape index (κ2) is 5.90. The van der Waals surface area contributed by atoms with Gasteiger partial charge in [0.15, 0.2) is 5.82 Å². The zero-order chi connectivity index (χ0) is 13.0. The van der Waals surface area contributed by atoms with Gasteiger partial charge >= 0.3 is 5.97 Å². The Morgan fingerprint density at radius 1 is 1.61 bits per heavy atom. The molecule has 1 saturated heterocycles. The van der Waals surface area contributed by atoms with Gasteiger partial charge < -0.3 is 9.84 Å². The first-order chi connectivity index (χ1) is 8.68. The van der Waals surface area contributed by atoms with Gasteiger partial charge in [-0.1, -0.05) is 0 Å². The number of carboxylic acid groups (broad SMARTS) is 1. The van der Waals surface area contributed by atoms with Crippen molar-refractivity contribution < 1.29 is 14.6 Å². The molecule has 1 aromatic rings. The second-order valence-corrected chi connectivity index (χ2v) is 4.58. The van der Waals surface area contributed by atoms with Gasteiger partial charge in [-0.25, -0.2) is 9.48 Å². The summed E-state index contributed by atoms with van der Waals surface area (Å²) in [5.41, 5.74) is 0. The van der Waals surface area contributed by atoms with E-state index in [0.29, 0.717) is 12.2 Å². The van der Waals surface area contributed by atoms with E-state index in [1.165, 1.54) is 11.1 Å². The van der Waals surface area contributed by atoms with Gasteiger partial charge in [-0.05, 0) is 43.0 Å². The largest absolute Gasteiger partial charge is 0.480 e. The van der Waals surface area contributed by atoms with Gasteiger partial charge in [0, 0.05) is 13.0 Å². The first kappa shape index (κ1) is 12.9. The van der Waals surface area contributed by atoms with Crippen LogP contribution in [0.15, 0.2) is 0 Å². The number of ether oxygens (including phenoxy) is 1. The quantitative estimate of drug-likeness (QED) is 0.836. The van der Waals surface area contributed by atoms with E-state index in [0.717, 1.165) is 25.9 Å². The summed E-state index contributed by atoms with van der Waals surface area (Å²) in [7, 11) is 0. The molecule has 1 N–H and O–H groups in total. The van der Waals surface area contributed by atoms with Crippen LogP contribution in [0.25, 0.3) is 0 Å². The van der Waals surface area contributed by atoms with E-state index in [-0.39, 0.29) is 6.10 Å². The fraction of sp³-hybridized carbons (Fsp3) is 0.818. The number of tetrazole rings is 1. The molecule has 2 rings (SSSR count). The number of carbonyl (C=O) groups is 1. The highest BCUT2D eigenvalue weighted by Crippen LogP contribution is 2.17. The summed E-state index contributed by atoms with van der Waals surface area (Å²) in [4.78, 5) is 10.9. The summed E-state index contributed by atoms with van der Waals surface area (Å²) >= 11 is 0. The zero-order valence-electron chi connectivity index (χ0n) is 10.4. The highest BCUT2D eigenvalue weighted by molar-refractivity contribution is 5.71. The Labute approximate surface area is 105 Å². The van der Waals surface area contributed by atoms with Crippen molar-refractivity contribution in [1.29, 1.82) is 0 Å². The molecule has 0 aromatic carbocycles. The van der Waals surface area contributed by atoms with Crippen molar-refractivity contribution in [3.8, 4) is 0 Å². The van der Waals surface area contributed by atoms with Gasteiger partial charge in [0.25, 0.3) is 0 Å². The van der Waals surface area contributed by atoms with Crippen LogP contribution in [0.3, 0.4) is 0 Å². The van der Waals surface area contributed by atoms with Crippen LogP contribution in [0.4, 0.5) is 0 Å². The molecule has 1 aliphatic heterocycles. The first-order valence-corrected chi connectivity index (χ1v) is 6.29. The minimum absolute atomic E-state index is 0.254. The highest BCUT2D eigenvalue weighted by atomic mass is 16.5. The van der Waals surface area contributed by atoms with E-state index in [2.05, 4.69) is 15.5 Å². The van der Waals surface area contributed by atoms with Crippen LogP contribution in [-0.4, -0.2) is 44.0 Å². The molecule has 1 fully saturated rings. The van der Waals surface area contributed by atoms with Gasteiger partial charge in [0.1, 0.15) is 6.04 Å². The molecule has 0 radical (unpaired) electrons. The van der Waals surface area contributed by atoms with Crippen molar-refractivity contribution in [2.75, 3.05) is 6.61 Å². The third-order valence-electron chi connectivity index (χ3n) is 3.25. The van der Waals surface area contributed by atoms with E-state index in [1.54, 1.807) is 6.92 Å². The lowest BCUT2D eigenvalue weighted by Gasteiger charge is -2.22. The lowest BCUT2D eigenvalue weighted by molar-refractivity contribution is -0.140. The summed E-state index contributed by atoms with van der Waals surface area (Å²) in [6, 6.07) is -0.734. The summed E-state index contributed by atoms with van der Waals surface area (Å²) < 4.78 is 7.00. The van der Waals surface area contributed by atoms with Gasteiger partial charge in [0.05, 0.1) is 6.10 Å². The molecule has 1 aliphatic rings. The molecule has 0 bridgehead atoms. The number of aryl methyl sites for hydroxylation is 1. The maximum absolute atomic E-state index is 10.9. The van der Waals surface area contributed by atoms with Crippen LogP contribution in [0.1, 0.15) is 44.5 Å². The Balaban J connectivity index is 1.92. The van der Waals surface area contributed by atoms with Crippen molar-refractivity contribution in [1.82, 2.24) is 20.2 Å². The molecular weight excluding hydrogens is 236 g/mol. The van der Waals surface area contributed by atoms with E-state index in [4.69, 9.17) is 9.84 Å². The fourth-order valence-electron chi connectivity index (χ4n) is 2.11. The van der Waals surface area contributed by atoms with Crippen LogP contribution < -0.4 is 0 Å². The minimum Gasteiger partial charge on any atom is -0.480 e. The average molecular weight is 254 g/mol. The van der Waals surface area contributed by atoms with Crippen LogP contribution in [0.2, 0.25) is 0 Å². The monoisotopic (exact) mass is 254 g/mol. The Bertz CT molecular complexity index is 401. The third kappa shape index (κ3) is 3.04. The van der Waals surface area contributed by atoms with E-state index < -0.39 is 12.0 Å². The standard InChI is InChI=1S/C11H18N4O3/c1-8(11(16)17)15-10(12-13-14-15)6-5-9-4-2-3-7-18-9/h8-9H,2-7H2,1H3,(H,16,17). The normalized spacial score (nSPS) is 21.7. The van der Waals surface area contributed by atoms with Gasteiger partial charge in [0.2, 0.25) is 0 Å². The molecule has 7 heteroatoms. The molecule has 2 unspecified atom stereocenters. The lowest BCUT2D eigenvalue weighted by Crippen LogP contribution is -2.22. The lowest BCUT2D eigenvalue weighted by atomic mass is 10.0. The SMILES string of the molecule is CC(C(=O)O)n1nnnc1CCC1CCCCO1. The smallest absolute Gasteiger partial charge is 0.328 e. The topological polar surface area (TPSA) is 90.1 Å². The number of hydrogen-bond donors (Lipinski definition) is 1. The van der Waals surface area contributed by atoms with Crippen LogP contribution in [-0.2, 0) is 16.0 Å². The Kier molecular flexibility index (Phi) is 4.24. The minimum atomic E-state index is -0.933. The number of rotatable bonds is 5. The van der Waals surface area contributed by atoms with Gasteiger partial charge in [-0.15, -0.1) is 5.10 Å². The maximum Gasteiger partial charge on any atom is 0.328 e. The van der Waals surface area contributed by atoms with Gasteiger partial charge in [-0.3, -0.25) is 0 Å². The number of aromatic nitrogens is 4. The maximum atomic E-state index is 10.9. The molecule has 0 aliphatic carbocycles. The molecule has 100 valence electrons. The number of nitrogens with zero attached hydrogens (tertiary/aromatic N) is 4. The van der Waals surface area contributed by atoms with Crippen LogP contribution in [0, 0.1) is 0 Å². The molecule has 2 atom stereocenters. The average Bonchev–Trinajstić information content (AvgIpc) is 2.84. The molecule has 1 aromatic heterocycles. The Hall–Kier alpha value is -1.50. The second-order valence-electron chi connectivity index (χ2n) is 4.58. The Morgan fingerprint density at radius 2 is 2.44 bits per heavy atom. The fourth-order valence-corrected chi connectivity index (χ4v) is 2.11. The molecule has 0 saturated carbocycles. The highest BCUT2D eigenvalue weighted by Gasteiger charge is 2.20. The summed E-state index contributed by atoms with van der Waals surface area (Å²) in [5, 5.41) is 20.1. The predicted molar refractivity (Wildman–Crippen MR) is 62.1 cm³/mol. The van der Waals surface area contributed by atoms with Crippen molar-refractivity contribution in [3.63, 3.8) is 0 Å². The molecule has 0 spiro atoms.